The highest BCUT2D eigenvalue weighted by molar-refractivity contribution is 8.26. The van der Waals surface area contributed by atoms with Gasteiger partial charge >= 0.3 is 5.97 Å². The molecular formula is C23H18N2O4S2. The van der Waals surface area contributed by atoms with Crippen LogP contribution in [-0.2, 0) is 4.79 Å². The Morgan fingerprint density at radius 3 is 2.52 bits per heavy atom. The van der Waals surface area contributed by atoms with Crippen molar-refractivity contribution < 1.29 is 19.1 Å². The number of thioether (sulfide) groups is 1. The van der Waals surface area contributed by atoms with Crippen LogP contribution >= 0.6 is 24.0 Å². The maximum Gasteiger partial charge on any atom is 0.337 e. The molecule has 156 valence electrons. The van der Waals surface area contributed by atoms with Gasteiger partial charge in [0.05, 0.1) is 16.2 Å². The number of aromatic carboxylic acids is 1. The molecule has 0 unspecified atom stereocenters. The van der Waals surface area contributed by atoms with Gasteiger partial charge in [0.25, 0.3) is 5.91 Å². The zero-order valence-corrected chi connectivity index (χ0v) is 18.3. The molecule has 1 aliphatic rings. The van der Waals surface area contributed by atoms with E-state index in [-0.39, 0.29) is 21.5 Å². The predicted molar refractivity (Wildman–Crippen MR) is 126 cm³/mol. The van der Waals surface area contributed by atoms with E-state index >= 15 is 0 Å². The molecule has 8 heteroatoms. The van der Waals surface area contributed by atoms with Gasteiger partial charge in [0.2, 0.25) is 0 Å². The average Bonchev–Trinajstić information content (AvgIpc) is 3.28. The van der Waals surface area contributed by atoms with Gasteiger partial charge in [-0.2, -0.15) is 0 Å². The fourth-order valence-electron chi connectivity index (χ4n) is 3.35. The number of para-hydroxylation sites is 1. The number of anilines is 1. The number of thiocarbonyl (C=S) groups is 1. The molecule has 0 spiro atoms. The summed E-state index contributed by atoms with van der Waals surface area (Å²) in [6.45, 7) is 4.05. The third kappa shape index (κ3) is 4.12. The Kier molecular flexibility index (Phi) is 5.67. The highest BCUT2D eigenvalue weighted by Gasteiger charge is 2.33. The van der Waals surface area contributed by atoms with E-state index in [2.05, 4.69) is 5.43 Å². The smallest absolute Gasteiger partial charge is 0.337 e. The molecule has 3 aromatic rings. The molecule has 2 heterocycles. The first kappa shape index (κ1) is 20.9. The monoisotopic (exact) mass is 450 g/mol. The largest absolute Gasteiger partial charge is 0.478 e. The third-order valence-electron chi connectivity index (χ3n) is 4.81. The number of nitrogens with one attached hydrogen (secondary N) is 1. The first-order valence-electron chi connectivity index (χ1n) is 9.38. The third-order valence-corrected chi connectivity index (χ3v) is 6.11. The molecule has 2 aromatic carbocycles. The molecule has 0 bridgehead atoms. The lowest BCUT2D eigenvalue weighted by Crippen LogP contribution is -2.34. The van der Waals surface area contributed by atoms with E-state index < -0.39 is 5.97 Å². The summed E-state index contributed by atoms with van der Waals surface area (Å²) in [4.78, 5) is 24.7. The van der Waals surface area contributed by atoms with Crippen molar-refractivity contribution in [3.8, 4) is 11.3 Å². The molecular weight excluding hydrogens is 432 g/mol. The highest BCUT2D eigenvalue weighted by atomic mass is 32.2. The Labute approximate surface area is 188 Å². The van der Waals surface area contributed by atoms with Gasteiger partial charge in [-0.3, -0.25) is 10.2 Å². The second-order valence-corrected chi connectivity index (χ2v) is 8.62. The number of benzene rings is 2. The summed E-state index contributed by atoms with van der Waals surface area (Å²) in [7, 11) is 0. The Bertz CT molecular complexity index is 1230. The number of nitrogens with zero attached hydrogens (tertiary/aromatic N) is 1. The average molecular weight is 451 g/mol. The molecule has 0 aliphatic carbocycles. The van der Waals surface area contributed by atoms with Crippen molar-refractivity contribution in [3.05, 3.63) is 82.0 Å². The Hall–Kier alpha value is -3.36. The van der Waals surface area contributed by atoms with E-state index in [1.807, 2.05) is 38.1 Å². The van der Waals surface area contributed by atoms with Crippen molar-refractivity contribution in [2.75, 3.05) is 5.43 Å². The number of hydrogen-bond acceptors (Lipinski definition) is 6. The summed E-state index contributed by atoms with van der Waals surface area (Å²) < 4.78 is 6.26. The predicted octanol–water partition coefficient (Wildman–Crippen LogP) is 5.49. The molecule has 2 N–H and O–H groups in total. The van der Waals surface area contributed by atoms with Crippen LogP contribution in [0, 0.1) is 13.8 Å². The zero-order chi connectivity index (χ0) is 22.1. The van der Waals surface area contributed by atoms with Crippen LogP contribution in [0.5, 0.6) is 0 Å². The molecule has 4 rings (SSSR count). The van der Waals surface area contributed by atoms with Gasteiger partial charge in [0, 0.05) is 11.6 Å². The lowest BCUT2D eigenvalue weighted by atomic mass is 10.0. The van der Waals surface area contributed by atoms with Crippen molar-refractivity contribution in [1.29, 1.82) is 0 Å². The number of carbonyl (C=O) groups is 2. The molecule has 1 aromatic heterocycles. The second kappa shape index (κ2) is 8.41. The van der Waals surface area contributed by atoms with Crippen molar-refractivity contribution in [2.45, 2.75) is 13.8 Å². The standard InChI is InChI=1S/C23H18N2O4S2/c1-13-6-5-7-14(2)20(13)18-11-10-15(29-18)12-19-21(26)25(23(30)31-19)24-17-9-4-3-8-16(17)22(27)28/h3-12,24H,1-2H3,(H,27,28). The molecule has 1 amide bonds. The van der Waals surface area contributed by atoms with Crippen LogP contribution in [0.1, 0.15) is 27.2 Å². The van der Waals surface area contributed by atoms with Crippen molar-refractivity contribution in [1.82, 2.24) is 5.01 Å². The van der Waals surface area contributed by atoms with Crippen LogP contribution in [0.25, 0.3) is 17.4 Å². The second-order valence-electron chi connectivity index (χ2n) is 6.95. The van der Waals surface area contributed by atoms with E-state index in [0.29, 0.717) is 10.7 Å². The zero-order valence-electron chi connectivity index (χ0n) is 16.7. The fraction of sp³-hybridized carbons (Fsp3) is 0.0870. The van der Waals surface area contributed by atoms with Gasteiger partial charge in [-0.1, -0.05) is 42.1 Å². The topological polar surface area (TPSA) is 82.8 Å². The molecule has 0 saturated carbocycles. The van der Waals surface area contributed by atoms with Gasteiger partial charge < -0.3 is 9.52 Å². The van der Waals surface area contributed by atoms with Crippen LogP contribution in [0.2, 0.25) is 0 Å². The first-order valence-corrected chi connectivity index (χ1v) is 10.6. The van der Waals surface area contributed by atoms with Gasteiger partial charge in [0.15, 0.2) is 4.32 Å². The number of hydrogen-bond donors (Lipinski definition) is 2. The van der Waals surface area contributed by atoms with Crippen LogP contribution in [-0.4, -0.2) is 26.3 Å². The number of furan rings is 1. The minimum absolute atomic E-state index is 0.0461. The summed E-state index contributed by atoms with van der Waals surface area (Å²) >= 11 is 6.44. The van der Waals surface area contributed by atoms with Gasteiger partial charge in [0.1, 0.15) is 11.5 Å². The molecule has 1 fully saturated rings. The lowest BCUT2D eigenvalue weighted by Gasteiger charge is -2.18. The van der Waals surface area contributed by atoms with Crippen LogP contribution in [0.4, 0.5) is 5.69 Å². The van der Waals surface area contributed by atoms with Gasteiger partial charge in [-0.25, -0.2) is 9.80 Å². The van der Waals surface area contributed by atoms with Crippen LogP contribution in [0.15, 0.2) is 63.9 Å². The highest BCUT2D eigenvalue weighted by Crippen LogP contribution is 2.35. The number of amides is 1. The van der Waals surface area contributed by atoms with Crippen LogP contribution in [0.3, 0.4) is 0 Å². The molecule has 1 aliphatic heterocycles. The molecule has 1 saturated heterocycles. The van der Waals surface area contributed by atoms with E-state index in [4.69, 9.17) is 16.6 Å². The van der Waals surface area contributed by atoms with E-state index in [9.17, 15) is 14.7 Å². The first-order chi connectivity index (χ1) is 14.8. The molecule has 0 radical (unpaired) electrons. The normalized spacial score (nSPS) is 15.0. The number of carbonyl (C=O) groups excluding carboxylic acids is 1. The quantitative estimate of drug-likeness (QED) is 0.393. The SMILES string of the molecule is Cc1cccc(C)c1-c1ccc(C=C2SC(=S)N(Nc3ccccc3C(=O)O)C2=O)o1. The fourth-order valence-corrected chi connectivity index (χ4v) is 4.51. The molecule has 0 atom stereocenters. The van der Waals surface area contributed by atoms with Crippen molar-refractivity contribution in [3.63, 3.8) is 0 Å². The summed E-state index contributed by atoms with van der Waals surface area (Å²) in [6.07, 6.45) is 1.64. The number of aryl methyl sites for hydroxylation is 2. The number of carboxylic acids is 1. The van der Waals surface area contributed by atoms with Crippen LogP contribution < -0.4 is 5.43 Å². The van der Waals surface area contributed by atoms with Gasteiger partial charge in [-0.05, 0) is 61.5 Å². The number of hydrazine groups is 1. The number of carboxylic acid groups (broad SMARTS) is 1. The Balaban J connectivity index is 1.59. The Morgan fingerprint density at radius 2 is 1.81 bits per heavy atom. The maximum absolute atomic E-state index is 12.9. The lowest BCUT2D eigenvalue weighted by molar-refractivity contribution is -0.121. The van der Waals surface area contributed by atoms with Gasteiger partial charge in [-0.15, -0.1) is 0 Å². The van der Waals surface area contributed by atoms with E-state index in [1.165, 1.54) is 11.1 Å². The number of rotatable bonds is 5. The summed E-state index contributed by atoms with van der Waals surface area (Å²) in [6, 6.07) is 16.1. The summed E-state index contributed by atoms with van der Waals surface area (Å²) in [5.41, 5.74) is 6.39. The minimum Gasteiger partial charge on any atom is -0.478 e. The summed E-state index contributed by atoms with van der Waals surface area (Å²) in [5.74, 6) is -0.214. The van der Waals surface area contributed by atoms with Crippen molar-refractivity contribution >= 4 is 51.9 Å². The molecule has 6 nitrogen and oxygen atoms in total. The summed E-state index contributed by atoms with van der Waals surface area (Å²) in [5, 5.41) is 10.5. The minimum atomic E-state index is -1.10. The molecule has 31 heavy (non-hydrogen) atoms. The Morgan fingerprint density at radius 1 is 1.10 bits per heavy atom. The maximum atomic E-state index is 12.9. The van der Waals surface area contributed by atoms with E-state index in [1.54, 1.807) is 30.3 Å². The van der Waals surface area contributed by atoms with E-state index in [0.717, 1.165) is 34.2 Å². The van der Waals surface area contributed by atoms with Crippen molar-refractivity contribution in [2.24, 2.45) is 0 Å².